The zero-order chi connectivity index (χ0) is 16.4. The molecule has 0 aliphatic carbocycles. The Bertz CT molecular complexity index is 870. The highest BCUT2D eigenvalue weighted by atomic mass is 16.5. The molecule has 1 amide bonds. The van der Waals surface area contributed by atoms with Crippen LogP contribution in [0.2, 0.25) is 0 Å². The van der Waals surface area contributed by atoms with Crippen LogP contribution in [-0.4, -0.2) is 18.0 Å². The maximum atomic E-state index is 12.7. The topological polar surface area (TPSA) is 51.2 Å². The van der Waals surface area contributed by atoms with Crippen molar-refractivity contribution in [1.82, 2.24) is 4.98 Å². The van der Waals surface area contributed by atoms with Gasteiger partial charge in [0.25, 0.3) is 5.91 Å². The Balaban J connectivity index is 1.96. The van der Waals surface area contributed by atoms with Crippen molar-refractivity contribution in [3.8, 4) is 5.75 Å². The summed E-state index contributed by atoms with van der Waals surface area (Å²) < 4.78 is 5.12. The van der Waals surface area contributed by atoms with E-state index in [1.54, 1.807) is 7.11 Å². The number of nitrogens with zero attached hydrogens (tertiary/aromatic N) is 1. The monoisotopic (exact) mass is 306 g/mol. The van der Waals surface area contributed by atoms with Gasteiger partial charge < -0.3 is 10.1 Å². The molecule has 116 valence electrons. The Labute approximate surface area is 135 Å². The molecule has 1 aromatic heterocycles. The lowest BCUT2D eigenvalue weighted by Crippen LogP contribution is -2.16. The number of para-hydroxylation sites is 1. The van der Waals surface area contributed by atoms with Crippen LogP contribution in [0, 0.1) is 13.8 Å². The molecule has 4 nitrogen and oxygen atoms in total. The maximum absolute atomic E-state index is 12.7. The molecule has 1 heterocycles. The van der Waals surface area contributed by atoms with Gasteiger partial charge in [-0.05, 0) is 49.7 Å². The molecule has 0 unspecified atom stereocenters. The number of nitrogens with one attached hydrogen (secondary N) is 1. The molecule has 0 bridgehead atoms. The second kappa shape index (κ2) is 6.08. The molecule has 1 N–H and O–H groups in total. The van der Waals surface area contributed by atoms with Crippen LogP contribution >= 0.6 is 0 Å². The first-order valence-electron chi connectivity index (χ1n) is 7.41. The largest absolute Gasteiger partial charge is 0.497 e. The van der Waals surface area contributed by atoms with Gasteiger partial charge in [-0.2, -0.15) is 0 Å². The van der Waals surface area contributed by atoms with Crippen LogP contribution in [0.5, 0.6) is 5.75 Å². The first kappa shape index (κ1) is 15.0. The summed E-state index contributed by atoms with van der Waals surface area (Å²) in [6, 6.07) is 15.1. The fourth-order valence-electron chi connectivity index (χ4n) is 2.73. The molecular weight excluding hydrogens is 288 g/mol. The van der Waals surface area contributed by atoms with Crippen LogP contribution in [0.3, 0.4) is 0 Å². The molecule has 0 aliphatic heterocycles. The first-order valence-corrected chi connectivity index (χ1v) is 7.41. The van der Waals surface area contributed by atoms with E-state index >= 15 is 0 Å². The highest BCUT2D eigenvalue weighted by Crippen LogP contribution is 2.24. The third kappa shape index (κ3) is 2.88. The quantitative estimate of drug-likeness (QED) is 0.792. The average molecular weight is 306 g/mol. The molecule has 0 aliphatic rings. The molecule has 2 aromatic carbocycles. The van der Waals surface area contributed by atoms with Gasteiger partial charge in [0, 0.05) is 11.1 Å². The number of ether oxygens (including phenoxy) is 1. The molecule has 0 radical (unpaired) electrons. The number of aryl methyl sites for hydroxylation is 2. The van der Waals surface area contributed by atoms with Crippen LogP contribution in [0.1, 0.15) is 21.6 Å². The van der Waals surface area contributed by atoms with Gasteiger partial charge in [0.2, 0.25) is 0 Å². The SMILES string of the molecule is COc1ccc(NC(=O)c2c(C)nc3ccccc3c2C)cc1. The number of hydrogen-bond donors (Lipinski definition) is 1. The van der Waals surface area contributed by atoms with Crippen LogP contribution < -0.4 is 10.1 Å². The fourth-order valence-corrected chi connectivity index (χ4v) is 2.73. The number of anilines is 1. The van der Waals surface area contributed by atoms with Gasteiger partial charge in [0.15, 0.2) is 0 Å². The van der Waals surface area contributed by atoms with Crippen molar-refractivity contribution in [2.45, 2.75) is 13.8 Å². The Morgan fingerprint density at radius 2 is 1.74 bits per heavy atom. The summed E-state index contributed by atoms with van der Waals surface area (Å²) in [6.07, 6.45) is 0. The molecule has 4 heteroatoms. The third-order valence-corrected chi connectivity index (χ3v) is 3.91. The summed E-state index contributed by atoms with van der Waals surface area (Å²) in [6.45, 7) is 3.82. The maximum Gasteiger partial charge on any atom is 0.257 e. The summed E-state index contributed by atoms with van der Waals surface area (Å²) in [5.41, 5.74) is 3.93. The highest BCUT2D eigenvalue weighted by molar-refractivity contribution is 6.08. The molecule has 0 saturated heterocycles. The van der Waals surface area contributed by atoms with E-state index in [-0.39, 0.29) is 5.91 Å². The van der Waals surface area contributed by atoms with Crippen molar-refractivity contribution < 1.29 is 9.53 Å². The predicted molar refractivity (Wildman–Crippen MR) is 92.2 cm³/mol. The van der Waals surface area contributed by atoms with Crippen molar-refractivity contribution in [2.24, 2.45) is 0 Å². The highest BCUT2D eigenvalue weighted by Gasteiger charge is 2.16. The van der Waals surface area contributed by atoms with Crippen molar-refractivity contribution in [2.75, 3.05) is 12.4 Å². The Kier molecular flexibility index (Phi) is 3.98. The first-order chi connectivity index (χ1) is 11.1. The number of fused-ring (bicyclic) bond motifs is 1. The number of rotatable bonds is 3. The van der Waals surface area contributed by atoms with Crippen LogP contribution in [0.4, 0.5) is 5.69 Å². The number of methoxy groups -OCH3 is 1. The molecule has 0 spiro atoms. The van der Waals surface area contributed by atoms with Crippen LogP contribution in [0.25, 0.3) is 10.9 Å². The van der Waals surface area contributed by atoms with Gasteiger partial charge in [0.1, 0.15) is 5.75 Å². The molecule has 23 heavy (non-hydrogen) atoms. The minimum atomic E-state index is -0.150. The summed E-state index contributed by atoms with van der Waals surface area (Å²) in [7, 11) is 1.61. The predicted octanol–water partition coefficient (Wildman–Crippen LogP) is 4.11. The lowest BCUT2D eigenvalue weighted by Gasteiger charge is -2.13. The van der Waals surface area contributed by atoms with E-state index in [0.717, 1.165) is 33.6 Å². The van der Waals surface area contributed by atoms with E-state index in [1.807, 2.05) is 62.4 Å². The van der Waals surface area contributed by atoms with Crippen molar-refractivity contribution >= 4 is 22.5 Å². The number of carbonyl (C=O) groups excluding carboxylic acids is 1. The molecule has 0 saturated carbocycles. The number of amides is 1. The molecule has 3 rings (SSSR count). The molecule has 0 atom stereocenters. The van der Waals surface area contributed by atoms with Gasteiger partial charge in [-0.15, -0.1) is 0 Å². The van der Waals surface area contributed by atoms with E-state index in [1.165, 1.54) is 0 Å². The number of carbonyl (C=O) groups is 1. The minimum absolute atomic E-state index is 0.150. The van der Waals surface area contributed by atoms with Crippen molar-refractivity contribution in [3.05, 3.63) is 65.4 Å². The van der Waals surface area contributed by atoms with E-state index in [9.17, 15) is 4.79 Å². The zero-order valence-electron chi connectivity index (χ0n) is 13.4. The molecule has 0 fully saturated rings. The third-order valence-electron chi connectivity index (χ3n) is 3.91. The smallest absolute Gasteiger partial charge is 0.257 e. The average Bonchev–Trinajstić information content (AvgIpc) is 2.55. The normalized spacial score (nSPS) is 10.6. The van der Waals surface area contributed by atoms with Crippen LogP contribution in [-0.2, 0) is 0 Å². The van der Waals surface area contributed by atoms with Crippen molar-refractivity contribution in [1.29, 1.82) is 0 Å². The van der Waals surface area contributed by atoms with Gasteiger partial charge in [-0.3, -0.25) is 9.78 Å². The standard InChI is InChI=1S/C19H18N2O2/c1-12-16-6-4-5-7-17(16)20-13(2)18(12)19(22)21-14-8-10-15(23-3)11-9-14/h4-11H,1-3H3,(H,21,22). The van der Waals surface area contributed by atoms with Crippen molar-refractivity contribution in [3.63, 3.8) is 0 Å². The van der Waals surface area contributed by atoms with Gasteiger partial charge >= 0.3 is 0 Å². The number of pyridine rings is 1. The summed E-state index contributed by atoms with van der Waals surface area (Å²) in [5, 5.41) is 3.92. The second-order valence-corrected chi connectivity index (χ2v) is 5.40. The molecule has 3 aromatic rings. The van der Waals surface area contributed by atoms with Gasteiger partial charge in [0.05, 0.1) is 23.9 Å². The minimum Gasteiger partial charge on any atom is -0.497 e. The number of benzene rings is 2. The zero-order valence-corrected chi connectivity index (χ0v) is 13.4. The Morgan fingerprint density at radius 1 is 1.04 bits per heavy atom. The summed E-state index contributed by atoms with van der Waals surface area (Å²) in [5.74, 6) is 0.603. The molecular formula is C19H18N2O2. The lowest BCUT2D eigenvalue weighted by molar-refractivity contribution is 0.102. The lowest BCUT2D eigenvalue weighted by atomic mass is 10.0. The van der Waals surface area contributed by atoms with E-state index in [4.69, 9.17) is 4.74 Å². The number of aromatic nitrogens is 1. The second-order valence-electron chi connectivity index (χ2n) is 5.40. The van der Waals surface area contributed by atoms with Gasteiger partial charge in [-0.25, -0.2) is 0 Å². The summed E-state index contributed by atoms with van der Waals surface area (Å²) >= 11 is 0. The fraction of sp³-hybridized carbons (Fsp3) is 0.158. The van der Waals surface area contributed by atoms with Crippen LogP contribution in [0.15, 0.2) is 48.5 Å². The van der Waals surface area contributed by atoms with Gasteiger partial charge in [-0.1, -0.05) is 18.2 Å². The Hall–Kier alpha value is -2.88. The Morgan fingerprint density at radius 3 is 2.43 bits per heavy atom. The van der Waals surface area contributed by atoms with E-state index in [0.29, 0.717) is 5.56 Å². The number of hydrogen-bond acceptors (Lipinski definition) is 3. The van der Waals surface area contributed by atoms with E-state index < -0.39 is 0 Å². The van der Waals surface area contributed by atoms with E-state index in [2.05, 4.69) is 10.3 Å². The summed E-state index contributed by atoms with van der Waals surface area (Å²) in [4.78, 5) is 17.2.